The smallest absolute Gasteiger partial charge is 0.316 e. The number of urea groups is 1. The topological polar surface area (TPSA) is 123 Å². The Morgan fingerprint density at radius 1 is 1.17 bits per heavy atom. The average molecular weight is 335 g/mol. The van der Waals surface area contributed by atoms with Crippen LogP contribution in [0.4, 0.5) is 4.79 Å². The van der Waals surface area contributed by atoms with Crippen LogP contribution in [-0.4, -0.2) is 27.6 Å². The first-order chi connectivity index (χ1) is 11.6. The molecule has 0 bridgehead atoms. The highest BCUT2D eigenvalue weighted by Gasteiger charge is 2.40. The van der Waals surface area contributed by atoms with Crippen molar-refractivity contribution in [3.63, 3.8) is 0 Å². The highest BCUT2D eigenvalue weighted by Crippen LogP contribution is 2.31. The van der Waals surface area contributed by atoms with Crippen molar-refractivity contribution in [2.24, 2.45) is 5.73 Å². The minimum atomic E-state index is -0.924. The van der Waals surface area contributed by atoms with E-state index in [1.165, 1.54) is 19.3 Å². The van der Waals surface area contributed by atoms with E-state index in [4.69, 9.17) is 10.3 Å². The molecule has 132 valence electrons. The third-order valence-electron chi connectivity index (χ3n) is 5.14. The van der Waals surface area contributed by atoms with Crippen molar-refractivity contribution in [2.75, 3.05) is 0 Å². The minimum absolute atomic E-state index is 0.139. The summed E-state index contributed by atoms with van der Waals surface area (Å²) < 4.78 is 5.22. The number of aromatic nitrogens is 2. The molecule has 4 N–H and O–H groups in total. The van der Waals surface area contributed by atoms with Gasteiger partial charge in [-0.25, -0.2) is 4.79 Å². The van der Waals surface area contributed by atoms with Crippen molar-refractivity contribution in [3.05, 3.63) is 11.7 Å². The molecule has 8 heteroatoms. The first kappa shape index (κ1) is 16.7. The normalized spacial score (nSPS) is 20.7. The number of hydrogen-bond acceptors (Lipinski definition) is 5. The summed E-state index contributed by atoms with van der Waals surface area (Å²) in [7, 11) is 0. The average Bonchev–Trinajstić information content (AvgIpc) is 3.24. The van der Waals surface area contributed by atoms with Crippen LogP contribution in [0.5, 0.6) is 0 Å². The van der Waals surface area contributed by atoms with Gasteiger partial charge in [0.15, 0.2) is 5.82 Å². The van der Waals surface area contributed by atoms with Gasteiger partial charge in [-0.05, 0) is 25.7 Å². The summed E-state index contributed by atoms with van der Waals surface area (Å²) in [4.78, 5) is 28.1. The molecule has 1 heterocycles. The number of amides is 3. The molecule has 3 amide bonds. The van der Waals surface area contributed by atoms with Gasteiger partial charge >= 0.3 is 6.03 Å². The number of carbonyl (C=O) groups is 2. The molecule has 0 atom stereocenters. The number of hydrogen-bond donors (Lipinski definition) is 3. The zero-order chi connectivity index (χ0) is 17.0. The van der Waals surface area contributed by atoms with Gasteiger partial charge in [0.25, 0.3) is 0 Å². The number of nitrogens with zero attached hydrogens (tertiary/aromatic N) is 2. The molecule has 0 aliphatic heterocycles. The van der Waals surface area contributed by atoms with E-state index in [2.05, 4.69) is 20.8 Å². The van der Waals surface area contributed by atoms with E-state index < -0.39 is 17.5 Å². The molecule has 8 nitrogen and oxygen atoms in total. The van der Waals surface area contributed by atoms with Crippen molar-refractivity contribution in [1.82, 2.24) is 20.8 Å². The van der Waals surface area contributed by atoms with E-state index >= 15 is 0 Å². The second-order valence-electron chi connectivity index (χ2n) is 6.84. The third kappa shape index (κ3) is 3.68. The van der Waals surface area contributed by atoms with Crippen molar-refractivity contribution >= 4 is 11.9 Å². The molecule has 0 aromatic carbocycles. The molecule has 2 aliphatic carbocycles. The van der Waals surface area contributed by atoms with E-state index in [1.807, 2.05) is 0 Å². The molecule has 0 spiro atoms. The van der Waals surface area contributed by atoms with E-state index in [-0.39, 0.29) is 6.54 Å². The van der Waals surface area contributed by atoms with Gasteiger partial charge in [0, 0.05) is 5.92 Å². The maximum Gasteiger partial charge on any atom is 0.316 e. The zero-order valence-electron chi connectivity index (χ0n) is 13.8. The summed E-state index contributed by atoms with van der Waals surface area (Å²) in [5.74, 6) is 0.996. The van der Waals surface area contributed by atoms with Crippen molar-refractivity contribution in [3.8, 4) is 0 Å². The predicted octanol–water partition coefficient (Wildman–Crippen LogP) is 1.71. The number of rotatable bonds is 5. The van der Waals surface area contributed by atoms with E-state index in [0.717, 1.165) is 31.5 Å². The Balaban J connectivity index is 1.51. The fraction of sp³-hybridized carbons (Fsp3) is 0.750. The fourth-order valence-corrected chi connectivity index (χ4v) is 3.70. The summed E-state index contributed by atoms with van der Waals surface area (Å²) in [5.41, 5.74) is 4.53. The molecule has 0 radical (unpaired) electrons. The summed E-state index contributed by atoms with van der Waals surface area (Å²) in [6.45, 7) is 0.139. The zero-order valence-corrected chi connectivity index (χ0v) is 13.8. The lowest BCUT2D eigenvalue weighted by Crippen LogP contribution is -2.57. The van der Waals surface area contributed by atoms with Gasteiger partial charge in [-0.2, -0.15) is 4.98 Å². The van der Waals surface area contributed by atoms with Gasteiger partial charge in [-0.15, -0.1) is 0 Å². The molecular formula is C16H25N5O3. The van der Waals surface area contributed by atoms with Crippen molar-refractivity contribution in [1.29, 1.82) is 0 Å². The van der Waals surface area contributed by atoms with Crippen LogP contribution in [0, 0.1) is 0 Å². The van der Waals surface area contributed by atoms with Crippen LogP contribution >= 0.6 is 0 Å². The Labute approximate surface area is 140 Å². The Bertz CT molecular complexity index is 588. The molecule has 1 aromatic rings. The van der Waals surface area contributed by atoms with Crippen LogP contribution in [0.15, 0.2) is 4.52 Å². The number of nitrogens with one attached hydrogen (secondary N) is 2. The van der Waals surface area contributed by atoms with Gasteiger partial charge < -0.3 is 20.9 Å². The standard InChI is InChI=1S/C16H25N5O3/c17-14(22)16(8-4-5-9-16)20-15(23)18-10-12-19-13(21-24-12)11-6-2-1-3-7-11/h11H,1-10H2,(H2,17,22)(H2,18,20,23). The van der Waals surface area contributed by atoms with Crippen LogP contribution in [0.3, 0.4) is 0 Å². The molecule has 0 saturated heterocycles. The molecule has 1 aromatic heterocycles. The van der Waals surface area contributed by atoms with Crippen molar-refractivity contribution in [2.45, 2.75) is 75.8 Å². The summed E-state index contributed by atoms with van der Waals surface area (Å²) in [5, 5.41) is 9.42. The van der Waals surface area contributed by atoms with Gasteiger partial charge in [0.2, 0.25) is 11.8 Å². The number of carbonyl (C=O) groups excluding carboxylic acids is 2. The summed E-state index contributed by atoms with van der Waals surface area (Å²) in [6, 6.07) is -0.437. The Kier molecular flexibility index (Phi) is 5.01. The van der Waals surface area contributed by atoms with E-state index in [0.29, 0.717) is 24.7 Å². The van der Waals surface area contributed by atoms with Crippen LogP contribution in [0.2, 0.25) is 0 Å². The van der Waals surface area contributed by atoms with Crippen molar-refractivity contribution < 1.29 is 14.1 Å². The molecule has 2 saturated carbocycles. The molecule has 2 fully saturated rings. The maximum atomic E-state index is 12.1. The van der Waals surface area contributed by atoms with Crippen LogP contribution in [-0.2, 0) is 11.3 Å². The van der Waals surface area contributed by atoms with Crippen LogP contribution in [0.25, 0.3) is 0 Å². The van der Waals surface area contributed by atoms with E-state index in [9.17, 15) is 9.59 Å². The summed E-state index contributed by atoms with van der Waals surface area (Å²) in [6.07, 6.45) is 8.79. The Hall–Kier alpha value is -2.12. The fourth-order valence-electron chi connectivity index (χ4n) is 3.70. The molecule has 2 aliphatic rings. The van der Waals surface area contributed by atoms with Crippen LogP contribution in [0.1, 0.15) is 75.4 Å². The lowest BCUT2D eigenvalue weighted by Gasteiger charge is -2.26. The molecule has 24 heavy (non-hydrogen) atoms. The lowest BCUT2D eigenvalue weighted by atomic mass is 9.89. The SMILES string of the molecule is NC(=O)C1(NC(=O)NCc2nc(C3CCCCC3)no2)CCCC1. The third-order valence-corrected chi connectivity index (χ3v) is 5.14. The monoisotopic (exact) mass is 335 g/mol. The second-order valence-corrected chi connectivity index (χ2v) is 6.84. The van der Waals surface area contributed by atoms with Gasteiger partial charge in [0.05, 0.1) is 6.54 Å². The Morgan fingerprint density at radius 2 is 1.88 bits per heavy atom. The van der Waals surface area contributed by atoms with Gasteiger partial charge in [0.1, 0.15) is 5.54 Å². The predicted molar refractivity (Wildman–Crippen MR) is 85.9 cm³/mol. The molecule has 0 unspecified atom stereocenters. The maximum absolute atomic E-state index is 12.1. The number of primary amides is 1. The number of nitrogens with two attached hydrogens (primary N) is 1. The van der Waals surface area contributed by atoms with E-state index in [1.54, 1.807) is 0 Å². The van der Waals surface area contributed by atoms with Crippen LogP contribution < -0.4 is 16.4 Å². The molecular weight excluding hydrogens is 310 g/mol. The second kappa shape index (κ2) is 7.19. The highest BCUT2D eigenvalue weighted by atomic mass is 16.5. The first-order valence-electron chi connectivity index (χ1n) is 8.77. The van der Waals surface area contributed by atoms with Gasteiger partial charge in [-0.3, -0.25) is 4.79 Å². The first-order valence-corrected chi connectivity index (χ1v) is 8.77. The quantitative estimate of drug-likeness (QED) is 0.756. The Morgan fingerprint density at radius 3 is 2.54 bits per heavy atom. The summed E-state index contributed by atoms with van der Waals surface area (Å²) >= 11 is 0. The highest BCUT2D eigenvalue weighted by molar-refractivity contribution is 5.90. The minimum Gasteiger partial charge on any atom is -0.368 e. The largest absolute Gasteiger partial charge is 0.368 e. The van der Waals surface area contributed by atoms with Gasteiger partial charge in [-0.1, -0.05) is 37.3 Å². The lowest BCUT2D eigenvalue weighted by molar-refractivity contribution is -0.123. The molecule has 3 rings (SSSR count).